The molecule has 18 heavy (non-hydrogen) atoms. The summed E-state index contributed by atoms with van der Waals surface area (Å²) in [4.78, 5) is 19.4. The second kappa shape index (κ2) is 4.53. The van der Waals surface area contributed by atoms with Crippen LogP contribution in [0.2, 0.25) is 0 Å². The van der Waals surface area contributed by atoms with Gasteiger partial charge in [0.25, 0.3) is 0 Å². The number of nitrogens with zero attached hydrogens (tertiary/aromatic N) is 2. The SMILES string of the molecule is CC(C)c1ncc(NC2(CO)CC2)c(C(=O)O)n1. The monoisotopic (exact) mass is 251 g/mol. The summed E-state index contributed by atoms with van der Waals surface area (Å²) in [6.45, 7) is 3.80. The van der Waals surface area contributed by atoms with E-state index in [-0.39, 0.29) is 23.8 Å². The highest BCUT2D eigenvalue weighted by atomic mass is 16.4. The molecule has 0 aliphatic heterocycles. The zero-order valence-corrected chi connectivity index (χ0v) is 10.5. The zero-order valence-electron chi connectivity index (χ0n) is 10.5. The van der Waals surface area contributed by atoms with E-state index in [0.717, 1.165) is 12.8 Å². The molecule has 0 bridgehead atoms. The summed E-state index contributed by atoms with van der Waals surface area (Å²) < 4.78 is 0. The van der Waals surface area contributed by atoms with E-state index in [0.29, 0.717) is 11.5 Å². The van der Waals surface area contributed by atoms with Crippen LogP contribution in [-0.4, -0.2) is 38.3 Å². The number of carbonyl (C=O) groups is 1. The minimum atomic E-state index is -1.09. The topological polar surface area (TPSA) is 95.3 Å². The lowest BCUT2D eigenvalue weighted by molar-refractivity contribution is 0.0691. The van der Waals surface area contributed by atoms with Crippen LogP contribution >= 0.6 is 0 Å². The number of aromatic nitrogens is 2. The van der Waals surface area contributed by atoms with Crippen molar-refractivity contribution in [3.8, 4) is 0 Å². The Bertz CT molecular complexity index is 470. The van der Waals surface area contributed by atoms with Crippen molar-refractivity contribution in [2.75, 3.05) is 11.9 Å². The molecule has 1 saturated carbocycles. The fourth-order valence-electron chi connectivity index (χ4n) is 1.69. The molecule has 3 N–H and O–H groups in total. The van der Waals surface area contributed by atoms with Gasteiger partial charge in [0.2, 0.25) is 0 Å². The number of hydrogen-bond donors (Lipinski definition) is 3. The first-order chi connectivity index (χ1) is 8.47. The van der Waals surface area contributed by atoms with Crippen molar-refractivity contribution in [1.82, 2.24) is 9.97 Å². The maximum atomic E-state index is 11.2. The summed E-state index contributed by atoms with van der Waals surface area (Å²) in [5, 5.41) is 21.4. The molecule has 0 saturated heterocycles. The van der Waals surface area contributed by atoms with E-state index in [1.165, 1.54) is 6.20 Å². The Hall–Kier alpha value is -1.69. The van der Waals surface area contributed by atoms with Crippen molar-refractivity contribution in [1.29, 1.82) is 0 Å². The van der Waals surface area contributed by atoms with Crippen LogP contribution in [0.4, 0.5) is 5.69 Å². The minimum Gasteiger partial charge on any atom is -0.476 e. The van der Waals surface area contributed by atoms with Crippen LogP contribution in [0.25, 0.3) is 0 Å². The number of hydrogen-bond acceptors (Lipinski definition) is 5. The number of aromatic carboxylic acids is 1. The van der Waals surface area contributed by atoms with Crippen LogP contribution in [0.1, 0.15) is 48.9 Å². The first-order valence-corrected chi connectivity index (χ1v) is 5.97. The van der Waals surface area contributed by atoms with Crippen molar-refractivity contribution in [3.63, 3.8) is 0 Å². The summed E-state index contributed by atoms with van der Waals surface area (Å²) in [6.07, 6.45) is 3.14. The lowest BCUT2D eigenvalue weighted by atomic mass is 10.2. The van der Waals surface area contributed by atoms with Gasteiger partial charge in [0.1, 0.15) is 5.82 Å². The predicted molar refractivity (Wildman–Crippen MR) is 65.8 cm³/mol. The van der Waals surface area contributed by atoms with Crippen LogP contribution in [0.3, 0.4) is 0 Å². The lowest BCUT2D eigenvalue weighted by Gasteiger charge is -2.17. The van der Waals surface area contributed by atoms with Gasteiger partial charge in [0, 0.05) is 5.92 Å². The summed E-state index contributed by atoms with van der Waals surface area (Å²) in [5.74, 6) is -0.507. The summed E-state index contributed by atoms with van der Waals surface area (Å²) in [7, 11) is 0. The van der Waals surface area contributed by atoms with Gasteiger partial charge < -0.3 is 15.5 Å². The normalized spacial score (nSPS) is 16.7. The standard InChI is InChI=1S/C12H17N3O3/c1-7(2)10-13-5-8(9(14-10)11(17)18)15-12(6-16)3-4-12/h5,7,15-16H,3-4,6H2,1-2H3,(H,17,18). The summed E-state index contributed by atoms with van der Waals surface area (Å²) >= 11 is 0. The number of nitrogens with one attached hydrogen (secondary N) is 1. The van der Waals surface area contributed by atoms with E-state index >= 15 is 0 Å². The van der Waals surface area contributed by atoms with E-state index in [2.05, 4.69) is 15.3 Å². The molecule has 0 aromatic carbocycles. The average Bonchev–Trinajstić information content (AvgIpc) is 3.09. The van der Waals surface area contributed by atoms with Gasteiger partial charge >= 0.3 is 5.97 Å². The molecule has 0 amide bonds. The smallest absolute Gasteiger partial charge is 0.356 e. The Morgan fingerprint density at radius 1 is 1.56 bits per heavy atom. The van der Waals surface area contributed by atoms with Crippen LogP contribution in [0.15, 0.2) is 6.20 Å². The average molecular weight is 251 g/mol. The molecule has 1 heterocycles. The van der Waals surface area contributed by atoms with E-state index < -0.39 is 5.97 Å². The van der Waals surface area contributed by atoms with Gasteiger partial charge in [-0.15, -0.1) is 0 Å². The molecule has 0 unspecified atom stereocenters. The fourth-order valence-corrected chi connectivity index (χ4v) is 1.69. The van der Waals surface area contributed by atoms with Crippen LogP contribution in [0, 0.1) is 0 Å². The van der Waals surface area contributed by atoms with Crippen molar-refractivity contribution in [2.24, 2.45) is 0 Å². The predicted octanol–water partition coefficient (Wildman–Crippen LogP) is 1.23. The Morgan fingerprint density at radius 2 is 2.22 bits per heavy atom. The first-order valence-electron chi connectivity index (χ1n) is 5.97. The van der Waals surface area contributed by atoms with Gasteiger partial charge in [-0.2, -0.15) is 0 Å². The molecule has 1 aliphatic rings. The highest BCUT2D eigenvalue weighted by Gasteiger charge is 2.42. The fraction of sp³-hybridized carbons (Fsp3) is 0.583. The molecule has 0 spiro atoms. The molecule has 0 radical (unpaired) electrons. The summed E-state index contributed by atoms with van der Waals surface area (Å²) in [5.41, 5.74) is -0.0423. The second-order valence-corrected chi connectivity index (χ2v) is 5.01. The number of aliphatic hydroxyl groups is 1. The number of rotatable bonds is 5. The van der Waals surface area contributed by atoms with Crippen molar-refractivity contribution in [3.05, 3.63) is 17.7 Å². The van der Waals surface area contributed by atoms with E-state index in [1.807, 2.05) is 13.8 Å². The third-order valence-corrected chi connectivity index (χ3v) is 3.08. The van der Waals surface area contributed by atoms with Crippen LogP contribution in [-0.2, 0) is 0 Å². The molecule has 0 atom stereocenters. The summed E-state index contributed by atoms with van der Waals surface area (Å²) in [6, 6.07) is 0. The third-order valence-electron chi connectivity index (χ3n) is 3.08. The molecule has 2 rings (SSSR count). The highest BCUT2D eigenvalue weighted by Crippen LogP contribution is 2.38. The van der Waals surface area contributed by atoms with Crippen molar-refractivity contribution >= 4 is 11.7 Å². The largest absolute Gasteiger partial charge is 0.476 e. The Balaban J connectivity index is 2.32. The molecular formula is C12H17N3O3. The van der Waals surface area contributed by atoms with Crippen molar-refractivity contribution < 1.29 is 15.0 Å². The highest BCUT2D eigenvalue weighted by molar-refractivity contribution is 5.91. The third kappa shape index (κ3) is 2.43. The lowest BCUT2D eigenvalue weighted by Crippen LogP contribution is -2.27. The second-order valence-electron chi connectivity index (χ2n) is 5.01. The molecule has 1 fully saturated rings. The molecule has 1 aromatic rings. The molecular weight excluding hydrogens is 234 g/mol. The Labute approximate surface area is 105 Å². The van der Waals surface area contributed by atoms with Gasteiger partial charge in [-0.3, -0.25) is 0 Å². The Morgan fingerprint density at radius 3 is 2.67 bits per heavy atom. The molecule has 98 valence electrons. The van der Waals surface area contributed by atoms with Crippen LogP contribution < -0.4 is 5.32 Å². The number of carboxylic acid groups (broad SMARTS) is 1. The van der Waals surface area contributed by atoms with E-state index in [1.54, 1.807) is 0 Å². The van der Waals surface area contributed by atoms with Gasteiger partial charge in [0.05, 0.1) is 24.0 Å². The minimum absolute atomic E-state index is 0.0159. The number of aliphatic hydroxyl groups excluding tert-OH is 1. The molecule has 1 aromatic heterocycles. The Kier molecular flexibility index (Phi) is 3.21. The van der Waals surface area contributed by atoms with E-state index in [4.69, 9.17) is 5.11 Å². The van der Waals surface area contributed by atoms with Gasteiger partial charge in [0.15, 0.2) is 5.69 Å². The molecule has 6 heteroatoms. The zero-order chi connectivity index (χ0) is 13.3. The molecule has 1 aliphatic carbocycles. The first kappa shape index (κ1) is 12.8. The van der Waals surface area contributed by atoms with Gasteiger partial charge in [-0.25, -0.2) is 14.8 Å². The van der Waals surface area contributed by atoms with Gasteiger partial charge in [-0.1, -0.05) is 13.8 Å². The number of anilines is 1. The van der Waals surface area contributed by atoms with Crippen molar-refractivity contribution in [2.45, 2.75) is 38.1 Å². The maximum absolute atomic E-state index is 11.2. The van der Waals surface area contributed by atoms with E-state index in [9.17, 15) is 9.90 Å². The van der Waals surface area contributed by atoms with Gasteiger partial charge in [-0.05, 0) is 12.8 Å². The number of carboxylic acids is 1. The van der Waals surface area contributed by atoms with Crippen LogP contribution in [0.5, 0.6) is 0 Å². The molecule has 6 nitrogen and oxygen atoms in total. The quantitative estimate of drug-likeness (QED) is 0.728. The maximum Gasteiger partial charge on any atom is 0.356 e.